The fourth-order valence-electron chi connectivity index (χ4n) is 8.84. The van der Waals surface area contributed by atoms with Crippen LogP contribution in [-0.4, -0.2) is 143 Å². The van der Waals surface area contributed by atoms with E-state index >= 15 is 0 Å². The lowest BCUT2D eigenvalue weighted by molar-refractivity contribution is 0.0874. The van der Waals surface area contributed by atoms with E-state index in [9.17, 15) is 0 Å². The molecule has 0 aliphatic heterocycles. The van der Waals surface area contributed by atoms with E-state index in [1.165, 1.54) is 0 Å². The van der Waals surface area contributed by atoms with Crippen LogP contribution in [0.3, 0.4) is 0 Å². The van der Waals surface area contributed by atoms with E-state index < -0.39 is 35.2 Å². The van der Waals surface area contributed by atoms with Gasteiger partial charge in [0.15, 0.2) is 0 Å². The van der Waals surface area contributed by atoms with Gasteiger partial charge in [-0.2, -0.15) is 0 Å². The predicted octanol–water partition coefficient (Wildman–Crippen LogP) is 6.66. The third kappa shape index (κ3) is 11.2. The van der Waals surface area contributed by atoms with Crippen LogP contribution in [0.4, 0.5) is 11.4 Å². The zero-order valence-corrected chi connectivity index (χ0v) is 43.7. The second-order valence-electron chi connectivity index (χ2n) is 15.9. The van der Waals surface area contributed by atoms with Crippen LogP contribution in [0.2, 0.25) is 0 Å². The van der Waals surface area contributed by atoms with Crippen LogP contribution < -0.4 is 9.80 Å². The molecule has 340 valence electrons. The van der Waals surface area contributed by atoms with Gasteiger partial charge in [-0.1, -0.05) is 79.7 Å². The maximum absolute atomic E-state index is 6.17. The molecule has 0 aliphatic carbocycles. The summed E-state index contributed by atoms with van der Waals surface area (Å²) in [6, 6.07) is 17.2. The average Bonchev–Trinajstić information content (AvgIpc) is 3.24. The first-order chi connectivity index (χ1) is 27.9. The third-order valence-electron chi connectivity index (χ3n) is 11.5. The number of hydrogen-bond acceptors (Lipinski definition) is 14. The molecule has 0 amide bonds. The molecule has 4 atom stereocenters. The monoisotopic (exact) mass is 902 g/mol. The highest BCUT2D eigenvalue weighted by atomic mass is 28.4. The second-order valence-corrected chi connectivity index (χ2v) is 28.0. The molecule has 0 saturated carbocycles. The van der Waals surface area contributed by atoms with Crippen molar-refractivity contribution >= 4 is 46.6 Å². The van der Waals surface area contributed by atoms with Crippen LogP contribution in [0.25, 0.3) is 0 Å². The number of benzene rings is 2. The maximum atomic E-state index is 6.17. The number of nitrogens with zero attached hydrogens (tertiary/aromatic N) is 2. The molecule has 2 aromatic carbocycles. The smallest absolute Gasteiger partial charge is 0.376 e. The summed E-state index contributed by atoms with van der Waals surface area (Å²) >= 11 is 0. The Labute approximate surface area is 361 Å². The topological polar surface area (TPSA) is 117 Å². The number of rotatable bonds is 28. The number of anilines is 2. The zero-order valence-electron chi connectivity index (χ0n) is 39.7. The summed E-state index contributed by atoms with van der Waals surface area (Å²) in [5.41, 5.74) is 2.95. The van der Waals surface area contributed by atoms with Crippen molar-refractivity contribution in [2.45, 2.75) is 84.5 Å². The minimum Gasteiger partial charge on any atom is -0.376 e. The standard InChI is InChI=1S/C41H78N2O12Si4/c1-30(2)38(56(44-9,45-10)46-11)42(39(31(3)4)57(47-12,48-13)49-14)36-25-21-34(22-26-36)29-35-23-27-37(28-24-35)43(40(32(5)6)58(50-15,51-16)52-17)41(33(7)8)59(53-18,54-19)55-20/h21-28,30-33,38-41H,29H2,1-20H3. The molecule has 0 aliphatic rings. The Balaban J connectivity index is 2.81. The summed E-state index contributed by atoms with van der Waals surface area (Å²) in [7, 11) is 6.62. The Hall–Kier alpha value is -1.57. The van der Waals surface area contributed by atoms with Gasteiger partial charge < -0.3 is 62.9 Å². The highest BCUT2D eigenvalue weighted by Gasteiger charge is 2.62. The third-order valence-corrected chi connectivity index (χ3v) is 25.0. The lowest BCUT2D eigenvalue weighted by Gasteiger charge is -2.50. The Kier molecular flexibility index (Phi) is 21.6. The van der Waals surface area contributed by atoms with Crippen molar-refractivity contribution in [3.63, 3.8) is 0 Å². The van der Waals surface area contributed by atoms with E-state index in [1.807, 2.05) is 0 Å². The van der Waals surface area contributed by atoms with Crippen molar-refractivity contribution < 1.29 is 53.1 Å². The van der Waals surface area contributed by atoms with Crippen molar-refractivity contribution in [1.29, 1.82) is 0 Å². The molecule has 0 radical (unpaired) electrons. The van der Waals surface area contributed by atoms with Crippen molar-refractivity contribution in [3.8, 4) is 0 Å². The van der Waals surface area contributed by atoms with Gasteiger partial charge >= 0.3 is 35.2 Å². The molecule has 0 fully saturated rings. The molecule has 0 heterocycles. The van der Waals surface area contributed by atoms with E-state index in [0.29, 0.717) is 6.42 Å². The highest BCUT2D eigenvalue weighted by Crippen LogP contribution is 2.39. The van der Waals surface area contributed by atoms with E-state index in [4.69, 9.17) is 53.1 Å². The molecule has 2 rings (SSSR count). The summed E-state index contributed by atoms with van der Waals surface area (Å²) in [5.74, 6) is 0.212. The van der Waals surface area contributed by atoms with Gasteiger partial charge in [0.05, 0.1) is 0 Å². The van der Waals surface area contributed by atoms with Crippen molar-refractivity contribution in [3.05, 3.63) is 59.7 Å². The van der Waals surface area contributed by atoms with Crippen LogP contribution in [0.5, 0.6) is 0 Å². The summed E-state index contributed by atoms with van der Waals surface area (Å²) in [6.07, 6.45) is 0.697. The van der Waals surface area contributed by atoms with Crippen LogP contribution in [0.1, 0.15) is 66.5 Å². The van der Waals surface area contributed by atoms with Gasteiger partial charge in [0.25, 0.3) is 0 Å². The average molecular weight is 903 g/mol. The molecule has 0 bridgehead atoms. The molecule has 0 aromatic heterocycles. The van der Waals surface area contributed by atoms with Crippen LogP contribution in [-0.2, 0) is 59.5 Å². The summed E-state index contributed by atoms with van der Waals surface area (Å²) in [6.45, 7) is 17.2. The zero-order chi connectivity index (χ0) is 44.9. The fourth-order valence-corrected chi connectivity index (χ4v) is 19.9. The minimum absolute atomic E-state index is 0.0531. The van der Waals surface area contributed by atoms with Crippen molar-refractivity contribution in [2.24, 2.45) is 23.7 Å². The minimum atomic E-state index is -3.31. The Morgan fingerprint density at radius 1 is 0.322 bits per heavy atom. The Bertz CT molecular complexity index is 1270. The van der Waals surface area contributed by atoms with Gasteiger partial charge in [0, 0.05) is 96.7 Å². The van der Waals surface area contributed by atoms with Crippen LogP contribution in [0, 0.1) is 23.7 Å². The van der Waals surface area contributed by atoms with Gasteiger partial charge in [0.2, 0.25) is 0 Å². The van der Waals surface area contributed by atoms with Gasteiger partial charge in [0.1, 0.15) is 22.7 Å². The van der Waals surface area contributed by atoms with E-state index in [0.717, 1.165) is 22.5 Å². The number of hydrogen-bond donors (Lipinski definition) is 0. The summed E-state index contributed by atoms with van der Waals surface area (Å²) < 4.78 is 74.0. The largest absolute Gasteiger partial charge is 0.524 e. The first-order valence-corrected chi connectivity index (χ1v) is 27.5. The molecule has 0 N–H and O–H groups in total. The van der Waals surface area contributed by atoms with E-state index in [1.54, 1.807) is 85.3 Å². The second kappa shape index (κ2) is 23.8. The Morgan fingerprint density at radius 2 is 0.492 bits per heavy atom. The van der Waals surface area contributed by atoms with Gasteiger partial charge in [-0.15, -0.1) is 0 Å². The lowest BCUT2D eigenvalue weighted by Crippen LogP contribution is -2.73. The lowest BCUT2D eigenvalue weighted by atomic mass is 10.0. The van der Waals surface area contributed by atoms with Crippen LogP contribution >= 0.6 is 0 Å². The van der Waals surface area contributed by atoms with Gasteiger partial charge in [-0.3, -0.25) is 0 Å². The summed E-state index contributed by atoms with van der Waals surface area (Å²) in [4.78, 5) is 4.63. The Morgan fingerprint density at radius 3 is 0.627 bits per heavy atom. The van der Waals surface area contributed by atoms with Gasteiger partial charge in [-0.25, -0.2) is 0 Å². The molecule has 4 unspecified atom stereocenters. The fraction of sp³-hybridized carbons (Fsp3) is 0.707. The van der Waals surface area contributed by atoms with Crippen LogP contribution in [0.15, 0.2) is 48.5 Å². The molecule has 18 heteroatoms. The molecular formula is C41H78N2O12Si4. The molecule has 2 aromatic rings. The normalized spacial score (nSPS) is 15.3. The maximum Gasteiger partial charge on any atom is 0.524 e. The first-order valence-electron chi connectivity index (χ1n) is 20.3. The highest BCUT2D eigenvalue weighted by molar-refractivity contribution is 6.66. The molecule has 59 heavy (non-hydrogen) atoms. The molecular weight excluding hydrogens is 825 g/mol. The van der Waals surface area contributed by atoms with Crippen molar-refractivity contribution in [2.75, 3.05) is 95.1 Å². The first kappa shape index (κ1) is 53.6. The molecule has 0 saturated heterocycles. The predicted molar refractivity (Wildman–Crippen MR) is 242 cm³/mol. The van der Waals surface area contributed by atoms with E-state index in [2.05, 4.69) is 114 Å². The quantitative estimate of drug-likeness (QED) is 0.0848. The van der Waals surface area contributed by atoms with E-state index in [-0.39, 0.29) is 46.3 Å². The van der Waals surface area contributed by atoms with Gasteiger partial charge in [-0.05, 0) is 65.5 Å². The molecule has 0 spiro atoms. The SMILES string of the molecule is CO[Si](OC)(OC)C(C(C)C)N(c1ccc(Cc2ccc(N(C(C(C)C)[Si](OC)(OC)OC)C(C(C)C)[Si](OC)(OC)OC)cc2)cc1)C(C(C)C)[Si](OC)(OC)OC. The van der Waals surface area contributed by atoms with Crippen molar-refractivity contribution in [1.82, 2.24) is 0 Å². The summed E-state index contributed by atoms with van der Waals surface area (Å²) in [5, 5.41) is 0. The molecule has 14 nitrogen and oxygen atoms in total.